The van der Waals surface area contributed by atoms with Crippen molar-refractivity contribution in [1.82, 2.24) is 5.32 Å². The van der Waals surface area contributed by atoms with Crippen LogP contribution in [0, 0.1) is 5.92 Å². The Hall–Kier alpha value is -0.820. The van der Waals surface area contributed by atoms with Gasteiger partial charge in [0.05, 0.1) is 0 Å². The van der Waals surface area contributed by atoms with Gasteiger partial charge in [-0.05, 0) is 18.4 Å². The van der Waals surface area contributed by atoms with E-state index in [1.165, 1.54) is 12.0 Å². The Labute approximate surface area is 87.5 Å². The second kappa shape index (κ2) is 5.82. The molecule has 1 N–H and O–H groups in total. The van der Waals surface area contributed by atoms with E-state index >= 15 is 0 Å². The third-order valence-electron chi connectivity index (χ3n) is 2.97. The molecule has 0 bridgehead atoms. The smallest absolute Gasteiger partial charge is 0.0208 e. The Morgan fingerprint density at radius 1 is 1.14 bits per heavy atom. The summed E-state index contributed by atoms with van der Waals surface area (Å²) in [6.07, 6.45) is 1.24. The lowest BCUT2D eigenvalue weighted by molar-refractivity contribution is 0.389. The van der Waals surface area contributed by atoms with Crippen molar-refractivity contribution >= 4 is 0 Å². The van der Waals surface area contributed by atoms with Gasteiger partial charge in [-0.2, -0.15) is 0 Å². The van der Waals surface area contributed by atoms with Crippen LogP contribution in [0.1, 0.15) is 32.8 Å². The van der Waals surface area contributed by atoms with Gasteiger partial charge in [0.2, 0.25) is 0 Å². The molecule has 0 radical (unpaired) electrons. The molecule has 0 aliphatic heterocycles. The second-order valence-electron chi connectivity index (χ2n) is 4.04. The van der Waals surface area contributed by atoms with Crippen molar-refractivity contribution in [1.29, 1.82) is 0 Å². The molecule has 14 heavy (non-hydrogen) atoms. The first-order valence-electron chi connectivity index (χ1n) is 5.51. The highest BCUT2D eigenvalue weighted by atomic mass is 14.9. The molecule has 1 nitrogen and oxygen atoms in total. The molecule has 0 amide bonds. The third-order valence-corrected chi connectivity index (χ3v) is 2.97. The maximum absolute atomic E-state index is 3.55. The molecule has 0 spiro atoms. The molecule has 1 heteroatoms. The standard InChI is InChI=1S/C13H21N/c1-4-11(2)12(3)14-10-13-8-6-5-7-9-13/h5-9,11-12,14H,4,10H2,1-3H3/t11-,12-/m0/s1. The Kier molecular flexibility index (Phi) is 4.68. The normalized spacial score (nSPS) is 15.1. The summed E-state index contributed by atoms with van der Waals surface area (Å²) in [5, 5.41) is 3.55. The number of rotatable bonds is 5. The van der Waals surface area contributed by atoms with Crippen LogP contribution in [0.4, 0.5) is 0 Å². The molecular weight excluding hydrogens is 170 g/mol. The maximum Gasteiger partial charge on any atom is 0.0208 e. The van der Waals surface area contributed by atoms with E-state index in [4.69, 9.17) is 0 Å². The van der Waals surface area contributed by atoms with Crippen LogP contribution in [0.2, 0.25) is 0 Å². The van der Waals surface area contributed by atoms with E-state index < -0.39 is 0 Å². The van der Waals surface area contributed by atoms with Gasteiger partial charge >= 0.3 is 0 Å². The largest absolute Gasteiger partial charge is 0.310 e. The molecule has 0 heterocycles. The summed E-state index contributed by atoms with van der Waals surface area (Å²) in [7, 11) is 0. The SMILES string of the molecule is CC[C@H](C)[C@H](C)NCc1ccccc1. The number of benzene rings is 1. The van der Waals surface area contributed by atoms with Crippen LogP contribution in [-0.2, 0) is 6.54 Å². The summed E-state index contributed by atoms with van der Waals surface area (Å²) in [4.78, 5) is 0. The fourth-order valence-electron chi connectivity index (χ4n) is 1.43. The summed E-state index contributed by atoms with van der Waals surface area (Å²) in [5.74, 6) is 0.749. The fourth-order valence-corrected chi connectivity index (χ4v) is 1.43. The van der Waals surface area contributed by atoms with Gasteiger partial charge in [-0.1, -0.05) is 50.6 Å². The molecule has 0 aromatic heterocycles. The highest BCUT2D eigenvalue weighted by molar-refractivity contribution is 5.14. The maximum atomic E-state index is 3.55. The van der Waals surface area contributed by atoms with Crippen LogP contribution in [-0.4, -0.2) is 6.04 Å². The fraction of sp³-hybridized carbons (Fsp3) is 0.538. The molecule has 0 unspecified atom stereocenters. The van der Waals surface area contributed by atoms with Crippen molar-refractivity contribution in [3.8, 4) is 0 Å². The zero-order valence-electron chi connectivity index (χ0n) is 9.46. The molecule has 0 aliphatic rings. The lowest BCUT2D eigenvalue weighted by Crippen LogP contribution is -2.31. The van der Waals surface area contributed by atoms with E-state index in [2.05, 4.69) is 56.4 Å². The minimum atomic E-state index is 0.597. The van der Waals surface area contributed by atoms with Crippen LogP contribution in [0.25, 0.3) is 0 Å². The number of nitrogens with one attached hydrogen (secondary N) is 1. The summed E-state index contributed by atoms with van der Waals surface area (Å²) < 4.78 is 0. The molecule has 1 aromatic carbocycles. The minimum absolute atomic E-state index is 0.597. The Balaban J connectivity index is 2.34. The summed E-state index contributed by atoms with van der Waals surface area (Å²) >= 11 is 0. The lowest BCUT2D eigenvalue weighted by atomic mass is 10.0. The first-order chi connectivity index (χ1) is 6.74. The second-order valence-corrected chi connectivity index (χ2v) is 4.04. The predicted octanol–water partition coefficient (Wildman–Crippen LogP) is 3.21. The van der Waals surface area contributed by atoms with Crippen molar-refractivity contribution in [2.45, 2.75) is 39.8 Å². The van der Waals surface area contributed by atoms with Crippen molar-refractivity contribution in [3.05, 3.63) is 35.9 Å². The molecule has 0 aliphatic carbocycles. The molecule has 0 saturated carbocycles. The first kappa shape index (κ1) is 11.3. The average molecular weight is 191 g/mol. The van der Waals surface area contributed by atoms with E-state index in [1.54, 1.807) is 0 Å². The first-order valence-corrected chi connectivity index (χ1v) is 5.51. The summed E-state index contributed by atoms with van der Waals surface area (Å²) in [5.41, 5.74) is 1.36. The van der Waals surface area contributed by atoms with Gasteiger partial charge < -0.3 is 5.32 Å². The minimum Gasteiger partial charge on any atom is -0.310 e. The number of hydrogen-bond donors (Lipinski definition) is 1. The number of hydrogen-bond acceptors (Lipinski definition) is 1. The van der Waals surface area contributed by atoms with Gasteiger partial charge in [0.1, 0.15) is 0 Å². The Morgan fingerprint density at radius 2 is 1.79 bits per heavy atom. The summed E-state index contributed by atoms with van der Waals surface area (Å²) in [6.45, 7) is 7.78. The van der Waals surface area contributed by atoms with Crippen molar-refractivity contribution in [2.75, 3.05) is 0 Å². The van der Waals surface area contributed by atoms with Gasteiger partial charge in [0, 0.05) is 12.6 Å². The Bertz CT molecular complexity index is 243. The molecule has 1 aromatic rings. The monoisotopic (exact) mass is 191 g/mol. The topological polar surface area (TPSA) is 12.0 Å². The van der Waals surface area contributed by atoms with Crippen molar-refractivity contribution < 1.29 is 0 Å². The molecular formula is C13H21N. The van der Waals surface area contributed by atoms with Gasteiger partial charge in [0.25, 0.3) is 0 Å². The van der Waals surface area contributed by atoms with Crippen molar-refractivity contribution in [3.63, 3.8) is 0 Å². The lowest BCUT2D eigenvalue weighted by Gasteiger charge is -2.19. The molecule has 0 fully saturated rings. The predicted molar refractivity (Wildman–Crippen MR) is 62.2 cm³/mol. The molecule has 2 atom stereocenters. The highest BCUT2D eigenvalue weighted by Gasteiger charge is 2.08. The quantitative estimate of drug-likeness (QED) is 0.753. The van der Waals surface area contributed by atoms with E-state index in [0.717, 1.165) is 12.5 Å². The molecule has 1 rings (SSSR count). The van der Waals surface area contributed by atoms with E-state index in [1.807, 2.05) is 0 Å². The molecule has 78 valence electrons. The zero-order chi connectivity index (χ0) is 10.4. The van der Waals surface area contributed by atoms with Crippen LogP contribution in [0.5, 0.6) is 0 Å². The van der Waals surface area contributed by atoms with E-state index in [0.29, 0.717) is 6.04 Å². The van der Waals surface area contributed by atoms with Crippen LogP contribution in [0.3, 0.4) is 0 Å². The van der Waals surface area contributed by atoms with E-state index in [9.17, 15) is 0 Å². The van der Waals surface area contributed by atoms with Gasteiger partial charge in [-0.3, -0.25) is 0 Å². The van der Waals surface area contributed by atoms with Crippen molar-refractivity contribution in [2.24, 2.45) is 5.92 Å². The van der Waals surface area contributed by atoms with Gasteiger partial charge in [0.15, 0.2) is 0 Å². The Morgan fingerprint density at radius 3 is 2.36 bits per heavy atom. The molecule has 0 saturated heterocycles. The third kappa shape index (κ3) is 3.51. The van der Waals surface area contributed by atoms with Crippen LogP contribution in [0.15, 0.2) is 30.3 Å². The highest BCUT2D eigenvalue weighted by Crippen LogP contribution is 2.07. The summed E-state index contributed by atoms with van der Waals surface area (Å²) in [6, 6.07) is 11.2. The van der Waals surface area contributed by atoms with Gasteiger partial charge in [-0.25, -0.2) is 0 Å². The average Bonchev–Trinajstić information content (AvgIpc) is 2.26. The van der Waals surface area contributed by atoms with Gasteiger partial charge in [-0.15, -0.1) is 0 Å². The van der Waals surface area contributed by atoms with E-state index in [-0.39, 0.29) is 0 Å². The van der Waals surface area contributed by atoms with Crippen LogP contribution < -0.4 is 5.32 Å². The zero-order valence-corrected chi connectivity index (χ0v) is 9.46. The van der Waals surface area contributed by atoms with Crippen LogP contribution >= 0.6 is 0 Å².